The van der Waals surface area contributed by atoms with Gasteiger partial charge in [0.05, 0.1) is 0 Å². The van der Waals surface area contributed by atoms with Crippen molar-refractivity contribution in [2.45, 2.75) is 7.43 Å². The van der Waals surface area contributed by atoms with Gasteiger partial charge >= 0.3 is 0 Å². The Morgan fingerprint density at radius 3 is 1.00 bits per heavy atom. The van der Waals surface area contributed by atoms with Crippen LogP contribution in [0.4, 0.5) is 0 Å². The molecule has 0 saturated carbocycles. The highest BCUT2D eigenvalue weighted by molar-refractivity contribution is 7.88. The molecule has 0 radical (unpaired) electrons. The van der Waals surface area contributed by atoms with Crippen molar-refractivity contribution in [2.75, 3.05) is 0 Å². The molecule has 0 heterocycles. The molecule has 4 heteroatoms. The van der Waals surface area contributed by atoms with Crippen molar-refractivity contribution < 1.29 is 0 Å². The molecule has 0 fully saturated rings. The molecule has 0 atom stereocenters. The quantitative estimate of drug-likeness (QED) is 0.480. The van der Waals surface area contributed by atoms with Gasteiger partial charge in [-0.3, -0.25) is 0 Å². The molecule has 0 unspecified atom stereocenters. The maximum absolute atomic E-state index is 3.89. The molecule has 0 aromatic heterocycles. The van der Waals surface area contributed by atoms with Crippen molar-refractivity contribution in [1.29, 1.82) is 0 Å². The Hall–Kier alpha value is 1.10. The first-order chi connectivity index (χ1) is 1.00. The molecule has 0 N–H and O–H groups in total. The number of hydrogen-bond acceptors (Lipinski definition) is 1. The molecule has 0 spiro atoms. The second kappa shape index (κ2) is 70.9. The molecule has 0 amide bonds. The van der Waals surface area contributed by atoms with Crippen molar-refractivity contribution >= 4 is 44.6 Å². The zero-order chi connectivity index (χ0) is 2.00. The first-order valence-corrected chi connectivity index (χ1v) is 1.84. The van der Waals surface area contributed by atoms with Crippen molar-refractivity contribution in [3.8, 4) is 0 Å². The highest BCUT2D eigenvalue weighted by atomic mass is 35.5. The Bertz CT molecular complexity index is 9.61. The molecule has 0 aliphatic heterocycles. The van der Waals surface area contributed by atoms with Gasteiger partial charge in [-0.1, -0.05) is 19.2 Å². The molecule has 5 heavy (non-hydrogen) atoms. The summed E-state index contributed by atoms with van der Waals surface area (Å²) in [5.41, 5.74) is 0. The molecule has 0 rings (SSSR count). The zero-order valence-electron chi connectivity index (χ0n) is 1.72. The molecule has 0 aliphatic rings. The minimum atomic E-state index is 0. The lowest BCUT2D eigenvalue weighted by Gasteiger charge is -0.760. The lowest BCUT2D eigenvalue weighted by atomic mass is 12.0. The van der Waals surface area contributed by atoms with E-state index in [2.05, 4.69) is 19.8 Å². The summed E-state index contributed by atoms with van der Waals surface area (Å²) < 4.78 is 0. The monoisotopic (exact) mass is 152 g/mol. The maximum Gasteiger partial charge on any atom is -0.0437 e. The van der Waals surface area contributed by atoms with Crippen LogP contribution in [0.1, 0.15) is 7.43 Å². The van der Waals surface area contributed by atoms with E-state index in [4.69, 9.17) is 0 Å². The van der Waals surface area contributed by atoms with Crippen molar-refractivity contribution in [2.24, 2.45) is 0 Å². The first-order valence-electron chi connectivity index (χ1n) is 0.204. The Kier molecular flexibility index (Phi) is 510. The van der Waals surface area contributed by atoms with Gasteiger partial charge in [-0.15, -0.1) is 24.8 Å². The van der Waals surface area contributed by atoms with Crippen LogP contribution in [0.15, 0.2) is 0 Å². The molecule has 0 bridgehead atoms. The minimum absolute atomic E-state index is 0. The molecular weight excluding hydrogens is 146 g/mol. The molecule has 0 aliphatic carbocycles. The van der Waals surface area contributed by atoms with Gasteiger partial charge in [0, 0.05) is 0 Å². The predicted molar refractivity (Wildman–Crippen MR) is 36.9 cm³/mol. The fourth-order valence-corrected chi connectivity index (χ4v) is 0. The smallest absolute Gasteiger partial charge is 0.0437 e. The third-order valence-corrected chi connectivity index (χ3v) is 0. The summed E-state index contributed by atoms with van der Waals surface area (Å²) in [4.78, 5) is 0. The van der Waals surface area contributed by atoms with E-state index in [-0.39, 0.29) is 32.2 Å². The van der Waals surface area contributed by atoms with E-state index in [0.717, 1.165) is 0 Å². The van der Waals surface area contributed by atoms with Crippen LogP contribution in [0.25, 0.3) is 0 Å². The van der Waals surface area contributed by atoms with Gasteiger partial charge in [-0.25, -0.2) is 0 Å². The Morgan fingerprint density at radius 2 is 1.00 bits per heavy atom. The van der Waals surface area contributed by atoms with Crippen LogP contribution in [0.3, 0.4) is 0 Å². The molecule has 0 nitrogen and oxygen atoms in total. The lowest BCUT2D eigenvalue weighted by molar-refractivity contribution is 2.50. The summed E-state index contributed by atoms with van der Waals surface area (Å²) in [6.07, 6.45) is 0. The normalized spacial score (nSPS) is 0.800. The van der Waals surface area contributed by atoms with Gasteiger partial charge in [0.1, 0.15) is 0 Å². The van der Waals surface area contributed by atoms with Crippen LogP contribution in [-0.4, -0.2) is 0 Å². The number of halogens is 2. The molecule has 36 valence electrons. The van der Waals surface area contributed by atoms with Gasteiger partial charge in [0.15, 0.2) is 0 Å². The van der Waals surface area contributed by atoms with E-state index in [1.54, 1.807) is 0 Å². The number of rotatable bonds is 0. The summed E-state index contributed by atoms with van der Waals surface area (Å²) in [6, 6.07) is 0. The average Bonchev–Trinajstić information content (AvgIpc) is 1.00. The van der Waals surface area contributed by atoms with Crippen LogP contribution in [0.2, 0.25) is 0 Å². The van der Waals surface area contributed by atoms with Gasteiger partial charge in [-0.2, -0.15) is 0 Å². The van der Waals surface area contributed by atoms with Gasteiger partial charge in [0.25, 0.3) is 0 Å². The average molecular weight is 153 g/mol. The molecule has 0 saturated heterocycles. The van der Waals surface area contributed by atoms with Crippen LogP contribution in [0.5, 0.6) is 0 Å². The second-order valence-electron chi connectivity index (χ2n) is 0. The SMILES string of the molecule is C.Cl.Cl.P=S. The van der Waals surface area contributed by atoms with E-state index in [1.165, 1.54) is 0 Å². The van der Waals surface area contributed by atoms with Crippen LogP contribution >= 0.6 is 32.8 Å². The van der Waals surface area contributed by atoms with Crippen LogP contribution in [-0.2, 0) is 11.8 Å². The fraction of sp³-hybridized carbons (Fsp3) is 1.00. The molecule has 0 aromatic rings. The van der Waals surface area contributed by atoms with Gasteiger partial charge in [-0.05, 0) is 8.02 Å². The summed E-state index contributed by atoms with van der Waals surface area (Å²) >= 11 is 3.89. The lowest BCUT2D eigenvalue weighted by Crippen LogP contribution is -0.399. The van der Waals surface area contributed by atoms with Gasteiger partial charge < -0.3 is 0 Å². The summed E-state index contributed by atoms with van der Waals surface area (Å²) in [7, 11) is 2.56. The second-order valence-corrected chi connectivity index (χ2v) is 0. The van der Waals surface area contributed by atoms with E-state index in [9.17, 15) is 0 Å². The third-order valence-electron chi connectivity index (χ3n) is 0. The summed E-state index contributed by atoms with van der Waals surface area (Å²) in [6.45, 7) is 0. The Labute approximate surface area is 52.4 Å². The highest BCUT2D eigenvalue weighted by Gasteiger charge is 0.655. The first kappa shape index (κ1) is 36.0. The molecular formula is CH7Cl2PS. The van der Waals surface area contributed by atoms with Crippen LogP contribution < -0.4 is 0 Å². The Morgan fingerprint density at radius 1 is 1.00 bits per heavy atom. The standard InChI is InChI=1S/CH4.2ClH.HPS/c;;;1-2/h1H4;2*1H;1H. The zero-order valence-corrected chi connectivity index (χ0v) is 5.17. The largest absolute Gasteiger partial charge is 0.147 e. The van der Waals surface area contributed by atoms with E-state index in [1.807, 2.05) is 0 Å². The van der Waals surface area contributed by atoms with E-state index < -0.39 is 0 Å². The van der Waals surface area contributed by atoms with Crippen LogP contribution in [0, 0.1) is 0 Å². The van der Waals surface area contributed by atoms with Gasteiger partial charge in [0.2, 0.25) is 0 Å². The predicted octanol–water partition coefficient (Wildman–Crippen LogP) is 2.07. The summed E-state index contributed by atoms with van der Waals surface area (Å²) in [5, 5.41) is 0. The maximum atomic E-state index is 3.89. The number of hydrogen-bond donors (Lipinski definition) is 0. The van der Waals surface area contributed by atoms with Crippen molar-refractivity contribution in [3.63, 3.8) is 0 Å². The molecule has 0 aromatic carbocycles. The Balaban J connectivity index is -0.00000000167. The minimum Gasteiger partial charge on any atom is -0.147 e. The van der Waals surface area contributed by atoms with E-state index >= 15 is 0 Å². The van der Waals surface area contributed by atoms with Crippen molar-refractivity contribution in [3.05, 3.63) is 0 Å². The van der Waals surface area contributed by atoms with E-state index in [0.29, 0.717) is 0 Å². The van der Waals surface area contributed by atoms with Crippen molar-refractivity contribution in [1.82, 2.24) is 0 Å². The highest BCUT2D eigenvalue weighted by Crippen LogP contribution is 1.26. The fourth-order valence-electron chi connectivity index (χ4n) is 0. The third kappa shape index (κ3) is 40.5. The topological polar surface area (TPSA) is 0 Å². The summed E-state index contributed by atoms with van der Waals surface area (Å²) in [5.74, 6) is 0.